The van der Waals surface area contributed by atoms with Crippen LogP contribution in [-0.2, 0) is 5.75 Å². The molecule has 0 fully saturated rings. The van der Waals surface area contributed by atoms with E-state index in [0.29, 0.717) is 17.3 Å². The van der Waals surface area contributed by atoms with Crippen molar-refractivity contribution < 1.29 is 14.3 Å². The Hall–Kier alpha value is -1.82. The van der Waals surface area contributed by atoms with E-state index in [4.69, 9.17) is 9.52 Å². The predicted octanol–water partition coefficient (Wildman–Crippen LogP) is 2.37. The molecule has 0 saturated carbocycles. The Morgan fingerprint density at radius 1 is 1.59 bits per heavy atom. The van der Waals surface area contributed by atoms with E-state index >= 15 is 0 Å². The topological polar surface area (TPSA) is 76.2 Å². The van der Waals surface area contributed by atoms with E-state index in [0.717, 1.165) is 5.03 Å². The molecule has 2 aromatic heterocycles. The van der Waals surface area contributed by atoms with Crippen LogP contribution in [0.1, 0.15) is 21.9 Å². The van der Waals surface area contributed by atoms with Crippen molar-refractivity contribution in [3.63, 3.8) is 0 Å². The number of rotatable bonds is 4. The van der Waals surface area contributed by atoms with Crippen LogP contribution in [0.15, 0.2) is 34.1 Å². The van der Waals surface area contributed by atoms with Crippen molar-refractivity contribution in [1.82, 2.24) is 9.97 Å². The molecule has 0 aliphatic heterocycles. The van der Waals surface area contributed by atoms with E-state index < -0.39 is 5.97 Å². The van der Waals surface area contributed by atoms with Gasteiger partial charge in [0, 0.05) is 6.20 Å². The molecule has 2 aromatic rings. The first-order valence-electron chi connectivity index (χ1n) is 4.88. The number of carboxylic acid groups (broad SMARTS) is 1. The monoisotopic (exact) mass is 250 g/mol. The summed E-state index contributed by atoms with van der Waals surface area (Å²) >= 11 is 1.47. The Kier molecular flexibility index (Phi) is 3.43. The van der Waals surface area contributed by atoms with Crippen molar-refractivity contribution >= 4 is 17.7 Å². The van der Waals surface area contributed by atoms with Gasteiger partial charge in [0.05, 0.1) is 10.8 Å². The molecule has 0 aliphatic rings. The van der Waals surface area contributed by atoms with Gasteiger partial charge in [-0.05, 0) is 19.1 Å². The number of furan rings is 1. The molecule has 17 heavy (non-hydrogen) atoms. The Labute approximate surface area is 102 Å². The lowest BCUT2D eigenvalue weighted by Crippen LogP contribution is -1.94. The SMILES string of the molecule is Cc1oc(CSc2ccncn2)cc1C(=O)O. The summed E-state index contributed by atoms with van der Waals surface area (Å²) in [6.07, 6.45) is 3.13. The van der Waals surface area contributed by atoms with Crippen LogP contribution < -0.4 is 0 Å². The first-order valence-corrected chi connectivity index (χ1v) is 5.87. The second-order valence-corrected chi connectivity index (χ2v) is 4.32. The Balaban J connectivity index is 2.05. The quantitative estimate of drug-likeness (QED) is 0.663. The Bertz CT molecular complexity index is 525. The van der Waals surface area contributed by atoms with Crippen LogP contribution in [0.5, 0.6) is 0 Å². The number of thioether (sulfide) groups is 1. The van der Waals surface area contributed by atoms with Gasteiger partial charge < -0.3 is 9.52 Å². The largest absolute Gasteiger partial charge is 0.478 e. The fraction of sp³-hybridized carbons (Fsp3) is 0.182. The summed E-state index contributed by atoms with van der Waals surface area (Å²) in [6, 6.07) is 3.34. The lowest BCUT2D eigenvalue weighted by molar-refractivity contribution is 0.0695. The minimum atomic E-state index is -0.968. The van der Waals surface area contributed by atoms with Crippen LogP contribution in [0.2, 0.25) is 0 Å². The summed E-state index contributed by atoms with van der Waals surface area (Å²) in [5.74, 6) is 0.634. The van der Waals surface area contributed by atoms with Gasteiger partial charge in [0.15, 0.2) is 0 Å². The molecule has 0 bridgehead atoms. The third-order valence-electron chi connectivity index (χ3n) is 2.12. The van der Waals surface area contributed by atoms with Crippen molar-refractivity contribution in [2.45, 2.75) is 17.7 Å². The zero-order valence-electron chi connectivity index (χ0n) is 9.08. The number of aromatic nitrogens is 2. The molecule has 88 valence electrons. The first-order chi connectivity index (χ1) is 8.16. The van der Waals surface area contributed by atoms with E-state index in [9.17, 15) is 4.79 Å². The highest BCUT2D eigenvalue weighted by atomic mass is 32.2. The molecule has 2 rings (SSSR count). The highest BCUT2D eigenvalue weighted by Gasteiger charge is 2.13. The minimum absolute atomic E-state index is 0.211. The molecule has 0 aliphatic carbocycles. The third kappa shape index (κ3) is 2.85. The minimum Gasteiger partial charge on any atom is -0.478 e. The van der Waals surface area contributed by atoms with E-state index in [1.165, 1.54) is 18.1 Å². The van der Waals surface area contributed by atoms with Crippen molar-refractivity contribution in [2.24, 2.45) is 0 Å². The summed E-state index contributed by atoms with van der Waals surface area (Å²) in [7, 11) is 0. The molecule has 6 heteroatoms. The number of hydrogen-bond donors (Lipinski definition) is 1. The summed E-state index contributed by atoms with van der Waals surface area (Å²) in [5.41, 5.74) is 0.211. The smallest absolute Gasteiger partial charge is 0.339 e. The van der Waals surface area contributed by atoms with Gasteiger partial charge in [-0.2, -0.15) is 0 Å². The number of carboxylic acids is 1. The molecule has 0 spiro atoms. The van der Waals surface area contributed by atoms with Crippen LogP contribution in [0.4, 0.5) is 0 Å². The van der Waals surface area contributed by atoms with Gasteiger partial charge in [-0.3, -0.25) is 0 Å². The number of carbonyl (C=O) groups is 1. The number of hydrogen-bond acceptors (Lipinski definition) is 5. The van der Waals surface area contributed by atoms with E-state index in [2.05, 4.69) is 9.97 Å². The number of aryl methyl sites for hydroxylation is 1. The molecule has 0 atom stereocenters. The average Bonchev–Trinajstić information content (AvgIpc) is 2.69. The predicted molar refractivity (Wildman–Crippen MR) is 62.0 cm³/mol. The second kappa shape index (κ2) is 5.01. The lowest BCUT2D eigenvalue weighted by Gasteiger charge is -1.96. The molecule has 5 nitrogen and oxygen atoms in total. The van der Waals surface area contributed by atoms with Crippen LogP contribution in [0, 0.1) is 6.92 Å². The summed E-state index contributed by atoms with van der Waals surface area (Å²) in [5, 5.41) is 9.70. The zero-order chi connectivity index (χ0) is 12.3. The van der Waals surface area contributed by atoms with Gasteiger partial charge in [-0.15, -0.1) is 0 Å². The lowest BCUT2D eigenvalue weighted by atomic mass is 10.2. The maximum atomic E-state index is 10.8. The van der Waals surface area contributed by atoms with Crippen molar-refractivity contribution in [3.8, 4) is 0 Å². The van der Waals surface area contributed by atoms with Crippen molar-refractivity contribution in [1.29, 1.82) is 0 Å². The van der Waals surface area contributed by atoms with Gasteiger partial charge in [-0.25, -0.2) is 14.8 Å². The van der Waals surface area contributed by atoms with E-state index in [1.54, 1.807) is 25.3 Å². The highest BCUT2D eigenvalue weighted by molar-refractivity contribution is 7.98. The molecule has 1 N–H and O–H groups in total. The maximum absolute atomic E-state index is 10.8. The van der Waals surface area contributed by atoms with Gasteiger partial charge in [-0.1, -0.05) is 11.8 Å². The molecule has 0 aromatic carbocycles. The van der Waals surface area contributed by atoms with Crippen LogP contribution in [-0.4, -0.2) is 21.0 Å². The molecule has 0 amide bonds. The molecule has 0 unspecified atom stereocenters. The van der Waals surface area contributed by atoms with Crippen LogP contribution >= 0.6 is 11.8 Å². The Morgan fingerprint density at radius 2 is 2.41 bits per heavy atom. The summed E-state index contributed by atoms with van der Waals surface area (Å²) in [4.78, 5) is 18.7. The second-order valence-electron chi connectivity index (χ2n) is 3.32. The average molecular weight is 250 g/mol. The fourth-order valence-electron chi connectivity index (χ4n) is 1.34. The zero-order valence-corrected chi connectivity index (χ0v) is 9.90. The first kappa shape index (κ1) is 11.7. The van der Waals surface area contributed by atoms with E-state index in [1.807, 2.05) is 0 Å². The van der Waals surface area contributed by atoms with Gasteiger partial charge in [0.2, 0.25) is 0 Å². The molecule has 2 heterocycles. The van der Waals surface area contributed by atoms with Gasteiger partial charge in [0.25, 0.3) is 0 Å². The maximum Gasteiger partial charge on any atom is 0.339 e. The molecular weight excluding hydrogens is 240 g/mol. The standard InChI is InChI=1S/C11H10N2O3S/c1-7-9(11(14)15)4-8(16-7)5-17-10-2-3-12-6-13-10/h2-4,6H,5H2,1H3,(H,14,15). The summed E-state index contributed by atoms with van der Waals surface area (Å²) < 4.78 is 5.35. The fourth-order valence-corrected chi connectivity index (χ4v) is 2.05. The molecular formula is C11H10N2O3S. The normalized spacial score (nSPS) is 10.4. The van der Waals surface area contributed by atoms with Gasteiger partial charge in [0.1, 0.15) is 23.4 Å². The number of aromatic carboxylic acids is 1. The summed E-state index contributed by atoms with van der Waals surface area (Å²) in [6.45, 7) is 1.64. The van der Waals surface area contributed by atoms with E-state index in [-0.39, 0.29) is 5.56 Å². The van der Waals surface area contributed by atoms with Gasteiger partial charge >= 0.3 is 5.97 Å². The Morgan fingerprint density at radius 3 is 3.00 bits per heavy atom. The van der Waals surface area contributed by atoms with Crippen molar-refractivity contribution in [3.05, 3.63) is 41.7 Å². The highest BCUT2D eigenvalue weighted by Crippen LogP contribution is 2.23. The van der Waals surface area contributed by atoms with Crippen molar-refractivity contribution in [2.75, 3.05) is 0 Å². The third-order valence-corrected chi connectivity index (χ3v) is 3.08. The molecule has 0 radical (unpaired) electrons. The van der Waals surface area contributed by atoms with Crippen LogP contribution in [0.25, 0.3) is 0 Å². The molecule has 0 saturated heterocycles. The van der Waals surface area contributed by atoms with Crippen LogP contribution in [0.3, 0.4) is 0 Å². The number of nitrogens with zero attached hydrogens (tertiary/aromatic N) is 2.